The highest BCUT2D eigenvalue weighted by molar-refractivity contribution is 6.05. The molecule has 3 amide bonds. The Morgan fingerprint density at radius 3 is 2.36 bits per heavy atom. The van der Waals surface area contributed by atoms with E-state index in [1.807, 2.05) is 47.0 Å². The van der Waals surface area contributed by atoms with Crippen molar-refractivity contribution in [1.82, 2.24) is 29.2 Å². The van der Waals surface area contributed by atoms with Crippen LogP contribution in [0.2, 0.25) is 0 Å². The quantitative estimate of drug-likeness (QED) is 0.188. The number of aromatic nitrogens is 5. The van der Waals surface area contributed by atoms with Gasteiger partial charge in [0.25, 0.3) is 11.5 Å². The number of carbonyl (C=O) groups is 2. The molecule has 3 aliphatic rings. The van der Waals surface area contributed by atoms with Gasteiger partial charge in [-0.15, -0.1) is 10.2 Å². The van der Waals surface area contributed by atoms with Gasteiger partial charge in [0.15, 0.2) is 0 Å². The van der Waals surface area contributed by atoms with Crippen molar-refractivity contribution in [3.05, 3.63) is 128 Å². The standard InChI is InChI=1S/C42H41FN8O5/c1-25-19-32(20-26(2)38(25)43)51-39(52)33-11-14-47(23-34(33)44-41(51)49-16-15-48(42(49)54)31-7-5-4-6-8-31)40(53)36-22-30-21-29(28-12-17-55-18-13-28)9-10-35(30)50(36)24-37-46-45-27(3)56-37/h4-10,19-22,28H,11-18,23-24H2,1-3H3. The Morgan fingerprint density at radius 1 is 0.875 bits per heavy atom. The summed E-state index contributed by atoms with van der Waals surface area (Å²) in [6, 6.07) is 20.4. The summed E-state index contributed by atoms with van der Waals surface area (Å²) in [5, 5.41) is 9.15. The van der Waals surface area contributed by atoms with Crippen molar-refractivity contribution in [3.8, 4) is 5.69 Å². The van der Waals surface area contributed by atoms with E-state index in [4.69, 9.17) is 14.1 Å². The zero-order valence-electron chi connectivity index (χ0n) is 31.5. The number of amides is 3. The van der Waals surface area contributed by atoms with E-state index in [0.29, 0.717) is 58.0 Å². The van der Waals surface area contributed by atoms with Crippen molar-refractivity contribution >= 4 is 34.5 Å². The van der Waals surface area contributed by atoms with Crippen LogP contribution in [0.4, 0.5) is 20.8 Å². The van der Waals surface area contributed by atoms with Gasteiger partial charge in [-0.3, -0.25) is 19.4 Å². The first-order valence-electron chi connectivity index (χ1n) is 19.0. The van der Waals surface area contributed by atoms with Crippen molar-refractivity contribution in [2.24, 2.45) is 0 Å². The lowest BCUT2D eigenvalue weighted by Gasteiger charge is -2.30. The van der Waals surface area contributed by atoms with Gasteiger partial charge >= 0.3 is 6.03 Å². The van der Waals surface area contributed by atoms with Gasteiger partial charge in [0, 0.05) is 61.9 Å². The Hall–Kier alpha value is -6.15. The number of benzene rings is 3. The van der Waals surface area contributed by atoms with Gasteiger partial charge in [-0.25, -0.2) is 18.7 Å². The second kappa shape index (κ2) is 14.2. The molecule has 56 heavy (non-hydrogen) atoms. The minimum atomic E-state index is -0.359. The molecule has 0 saturated carbocycles. The fourth-order valence-electron chi connectivity index (χ4n) is 8.31. The van der Waals surface area contributed by atoms with Crippen molar-refractivity contribution < 1.29 is 23.1 Å². The second-order valence-electron chi connectivity index (χ2n) is 14.8. The third kappa shape index (κ3) is 6.23. The summed E-state index contributed by atoms with van der Waals surface area (Å²) in [7, 11) is 0. The largest absolute Gasteiger partial charge is 0.424 e. The molecule has 3 aromatic carbocycles. The molecule has 2 fully saturated rings. The lowest BCUT2D eigenvalue weighted by molar-refractivity contribution is 0.0720. The molecule has 0 N–H and O–H groups in total. The molecule has 9 rings (SSSR count). The molecule has 2 saturated heterocycles. The minimum Gasteiger partial charge on any atom is -0.424 e. The number of fused-ring (bicyclic) bond motifs is 2. The molecule has 6 heterocycles. The molecule has 6 aromatic rings. The van der Waals surface area contributed by atoms with Crippen LogP contribution in [-0.4, -0.2) is 74.0 Å². The number of nitrogens with zero attached hydrogens (tertiary/aromatic N) is 8. The molecule has 0 radical (unpaired) electrons. The van der Waals surface area contributed by atoms with E-state index < -0.39 is 0 Å². The van der Waals surface area contributed by atoms with E-state index in [1.54, 1.807) is 42.7 Å². The smallest absolute Gasteiger partial charge is 0.331 e. The molecule has 0 unspecified atom stereocenters. The molecular formula is C42H41FN8O5. The van der Waals surface area contributed by atoms with Crippen molar-refractivity contribution in [3.63, 3.8) is 0 Å². The van der Waals surface area contributed by atoms with Gasteiger partial charge in [-0.1, -0.05) is 24.3 Å². The van der Waals surface area contributed by atoms with E-state index in [-0.39, 0.29) is 61.9 Å². The summed E-state index contributed by atoms with van der Waals surface area (Å²) in [5.74, 6) is 0.716. The van der Waals surface area contributed by atoms with Gasteiger partial charge < -0.3 is 18.6 Å². The first kappa shape index (κ1) is 35.5. The third-order valence-corrected chi connectivity index (χ3v) is 11.2. The van der Waals surface area contributed by atoms with Crippen molar-refractivity contribution in [2.75, 3.05) is 42.6 Å². The van der Waals surface area contributed by atoms with E-state index in [0.717, 1.165) is 42.6 Å². The molecule has 0 bridgehead atoms. The Bertz CT molecular complexity index is 2550. The maximum Gasteiger partial charge on any atom is 0.331 e. The second-order valence-corrected chi connectivity index (χ2v) is 14.8. The highest BCUT2D eigenvalue weighted by Crippen LogP contribution is 2.33. The maximum absolute atomic E-state index is 14.9. The SMILES string of the molecule is Cc1nnc(Cn2c(C(=O)N3CCc4c(nc(N5CCN(c6ccccc6)C5=O)n(-c5cc(C)c(F)c(C)c5)c4=O)C3)cc3cc(C4CCOCC4)ccc32)o1. The average molecular weight is 757 g/mol. The summed E-state index contributed by atoms with van der Waals surface area (Å²) in [6.45, 7) is 7.64. The molecule has 3 aromatic heterocycles. The average Bonchev–Trinajstić information content (AvgIpc) is 3.92. The lowest BCUT2D eigenvalue weighted by atomic mass is 9.91. The van der Waals surface area contributed by atoms with Crippen LogP contribution in [0.3, 0.4) is 0 Å². The number of aryl methyl sites for hydroxylation is 3. The van der Waals surface area contributed by atoms with Crippen LogP contribution in [-0.2, 0) is 24.2 Å². The molecule has 0 atom stereocenters. The molecule has 0 aliphatic carbocycles. The van der Waals surface area contributed by atoms with Crippen molar-refractivity contribution in [1.29, 1.82) is 0 Å². The number of hydrogen-bond donors (Lipinski definition) is 0. The van der Waals surface area contributed by atoms with Crippen LogP contribution >= 0.6 is 0 Å². The highest BCUT2D eigenvalue weighted by atomic mass is 19.1. The first-order valence-corrected chi connectivity index (χ1v) is 19.0. The van der Waals surface area contributed by atoms with Crippen LogP contribution < -0.4 is 15.4 Å². The summed E-state index contributed by atoms with van der Waals surface area (Å²) >= 11 is 0. The number of rotatable bonds is 7. The van der Waals surface area contributed by atoms with Crippen LogP contribution in [0, 0.1) is 26.6 Å². The number of urea groups is 1. The minimum absolute atomic E-state index is 0.0532. The fourth-order valence-corrected chi connectivity index (χ4v) is 8.31. The number of halogens is 1. The summed E-state index contributed by atoms with van der Waals surface area (Å²) in [4.78, 5) is 53.2. The molecule has 3 aliphatic heterocycles. The first-order chi connectivity index (χ1) is 27.1. The lowest BCUT2D eigenvalue weighted by Crippen LogP contribution is -2.43. The zero-order valence-corrected chi connectivity index (χ0v) is 31.5. The van der Waals surface area contributed by atoms with E-state index >= 15 is 0 Å². The predicted octanol–water partition coefficient (Wildman–Crippen LogP) is 6.22. The number of anilines is 2. The molecule has 13 nitrogen and oxygen atoms in total. The summed E-state index contributed by atoms with van der Waals surface area (Å²) in [5.41, 5.74) is 4.92. The zero-order chi connectivity index (χ0) is 38.7. The summed E-state index contributed by atoms with van der Waals surface area (Å²) < 4.78 is 29.5. The normalized spacial score (nSPS) is 16.3. The third-order valence-electron chi connectivity index (χ3n) is 11.2. The molecule has 286 valence electrons. The van der Waals surface area contributed by atoms with Crippen LogP contribution in [0.1, 0.15) is 69.0 Å². The predicted molar refractivity (Wildman–Crippen MR) is 207 cm³/mol. The monoisotopic (exact) mass is 756 g/mol. The highest BCUT2D eigenvalue weighted by Gasteiger charge is 2.37. The van der Waals surface area contributed by atoms with Crippen LogP contribution in [0.15, 0.2) is 75.9 Å². The molecule has 0 spiro atoms. The van der Waals surface area contributed by atoms with Gasteiger partial charge in [0.2, 0.25) is 17.7 Å². The Balaban J connectivity index is 1.11. The Labute approximate surface area is 321 Å². The van der Waals surface area contributed by atoms with Crippen LogP contribution in [0.25, 0.3) is 16.6 Å². The number of carbonyl (C=O) groups excluding carboxylic acids is 2. The number of ether oxygens (including phenoxy) is 1. The Morgan fingerprint density at radius 2 is 1.62 bits per heavy atom. The van der Waals surface area contributed by atoms with E-state index in [2.05, 4.69) is 22.3 Å². The van der Waals surface area contributed by atoms with E-state index in [9.17, 15) is 18.8 Å². The van der Waals surface area contributed by atoms with Gasteiger partial charge in [-0.05, 0) is 98.2 Å². The Kier molecular flexibility index (Phi) is 8.99. The number of para-hydroxylation sites is 1. The van der Waals surface area contributed by atoms with Gasteiger partial charge in [0.1, 0.15) is 18.1 Å². The fraction of sp³-hybridized carbons (Fsp3) is 0.333. The molecule has 14 heteroatoms. The van der Waals surface area contributed by atoms with Crippen LogP contribution in [0.5, 0.6) is 0 Å². The summed E-state index contributed by atoms with van der Waals surface area (Å²) in [6.07, 6.45) is 2.13. The van der Waals surface area contributed by atoms with E-state index in [1.165, 1.54) is 15.0 Å². The van der Waals surface area contributed by atoms with Crippen molar-refractivity contribution in [2.45, 2.75) is 59.0 Å². The van der Waals surface area contributed by atoms with Gasteiger partial charge in [0.05, 0.1) is 17.9 Å². The topological polar surface area (TPSA) is 132 Å². The van der Waals surface area contributed by atoms with Gasteiger partial charge in [-0.2, -0.15) is 0 Å². The number of hydrogen-bond acceptors (Lipinski definition) is 8. The maximum atomic E-state index is 14.9. The molecular weight excluding hydrogens is 716 g/mol.